The maximum Gasteiger partial charge on any atom is 0.257 e. The molecule has 2 N–H and O–H groups in total. The van der Waals surface area contributed by atoms with Crippen molar-refractivity contribution in [3.05, 3.63) is 40.6 Å². The summed E-state index contributed by atoms with van der Waals surface area (Å²) < 4.78 is 42.3. The van der Waals surface area contributed by atoms with Crippen LogP contribution < -0.4 is 10.2 Å². The van der Waals surface area contributed by atoms with E-state index in [0.29, 0.717) is 45.4 Å². The number of piperazine rings is 1. The van der Waals surface area contributed by atoms with Gasteiger partial charge in [0.05, 0.1) is 13.0 Å². The highest BCUT2D eigenvalue weighted by Gasteiger charge is 2.42. The fourth-order valence-electron chi connectivity index (χ4n) is 5.89. The summed E-state index contributed by atoms with van der Waals surface area (Å²) in [6.07, 6.45) is 1.02. The summed E-state index contributed by atoms with van der Waals surface area (Å²) in [4.78, 5) is 29.5. The number of ketones is 1. The Morgan fingerprint density at radius 2 is 1.84 bits per heavy atom. The van der Waals surface area contributed by atoms with E-state index in [2.05, 4.69) is 36.2 Å². The molecule has 1 aromatic carbocycles. The van der Waals surface area contributed by atoms with Crippen LogP contribution in [0, 0.1) is 25.2 Å². The van der Waals surface area contributed by atoms with Gasteiger partial charge in [0.1, 0.15) is 11.9 Å². The van der Waals surface area contributed by atoms with Gasteiger partial charge in [0.25, 0.3) is 5.92 Å². The number of anilines is 1. The third-order valence-corrected chi connectivity index (χ3v) is 8.32. The van der Waals surface area contributed by atoms with Crippen LogP contribution in [0.3, 0.4) is 0 Å². The van der Waals surface area contributed by atoms with Gasteiger partial charge in [-0.1, -0.05) is 25.0 Å². The minimum atomic E-state index is -3.06. The number of benzene rings is 1. The second-order valence-corrected chi connectivity index (χ2v) is 11.1. The maximum atomic E-state index is 14.3. The fourth-order valence-corrected chi connectivity index (χ4v) is 5.89. The Balaban J connectivity index is 1.31. The molecule has 2 fully saturated rings. The van der Waals surface area contributed by atoms with Crippen molar-refractivity contribution in [1.29, 1.82) is 5.41 Å². The molecule has 0 spiro atoms. The van der Waals surface area contributed by atoms with Crippen molar-refractivity contribution >= 4 is 23.1 Å². The van der Waals surface area contributed by atoms with Crippen molar-refractivity contribution in [2.75, 3.05) is 37.6 Å². The second kappa shape index (κ2) is 11.9. The van der Waals surface area contributed by atoms with E-state index >= 15 is 0 Å². The number of halogens is 3. The van der Waals surface area contributed by atoms with E-state index in [0.717, 1.165) is 18.5 Å². The van der Waals surface area contributed by atoms with E-state index in [4.69, 9.17) is 5.41 Å². The van der Waals surface area contributed by atoms with Crippen LogP contribution in [0.4, 0.5) is 18.9 Å². The largest absolute Gasteiger partial charge is 0.379 e. The van der Waals surface area contributed by atoms with E-state index in [9.17, 15) is 22.8 Å². The summed E-state index contributed by atoms with van der Waals surface area (Å²) >= 11 is 0. The van der Waals surface area contributed by atoms with Crippen LogP contribution in [0.15, 0.2) is 29.5 Å². The number of nitrogens with zero attached hydrogens (tertiary/aromatic N) is 2. The molecular formula is C29H39F3N4O2. The first-order valence-corrected chi connectivity index (χ1v) is 13.7. The highest BCUT2D eigenvalue weighted by Crippen LogP contribution is 2.39. The van der Waals surface area contributed by atoms with Crippen molar-refractivity contribution in [3.63, 3.8) is 0 Å². The SMILES string of the molecule is Cc1cccc(N2CCN(C(=O)CNC3=C(C(=N)C(=O)CCC4CCC[C@@H](F)C4)CC(F)(F)C3)CC2)c1C. The summed E-state index contributed by atoms with van der Waals surface area (Å²) in [5.41, 5.74) is 3.30. The van der Waals surface area contributed by atoms with Crippen LogP contribution in [0.1, 0.15) is 62.5 Å². The molecular weight excluding hydrogens is 493 g/mol. The van der Waals surface area contributed by atoms with Crippen LogP contribution in [0.5, 0.6) is 0 Å². The lowest BCUT2D eigenvalue weighted by atomic mass is 9.84. The van der Waals surface area contributed by atoms with Crippen LogP contribution in [0.2, 0.25) is 0 Å². The number of carbonyl (C=O) groups excluding carboxylic acids is 2. The molecule has 1 saturated heterocycles. The molecule has 9 heteroatoms. The van der Waals surface area contributed by atoms with Crippen molar-refractivity contribution in [2.45, 2.75) is 77.3 Å². The number of alkyl halides is 3. The molecule has 1 heterocycles. The van der Waals surface area contributed by atoms with Crippen molar-refractivity contribution in [3.8, 4) is 0 Å². The van der Waals surface area contributed by atoms with Crippen molar-refractivity contribution in [2.24, 2.45) is 5.92 Å². The zero-order valence-corrected chi connectivity index (χ0v) is 22.4. The van der Waals surface area contributed by atoms with E-state index in [1.54, 1.807) is 4.90 Å². The number of aryl methyl sites for hydroxylation is 1. The smallest absolute Gasteiger partial charge is 0.257 e. The third-order valence-electron chi connectivity index (χ3n) is 8.32. The van der Waals surface area contributed by atoms with E-state index in [1.807, 2.05) is 6.07 Å². The number of nitrogens with one attached hydrogen (secondary N) is 2. The minimum Gasteiger partial charge on any atom is -0.379 e. The highest BCUT2D eigenvalue weighted by atomic mass is 19.3. The van der Waals surface area contributed by atoms with Gasteiger partial charge in [-0.25, -0.2) is 13.2 Å². The summed E-state index contributed by atoms with van der Waals surface area (Å²) in [5, 5.41) is 11.2. The number of hydrogen-bond donors (Lipinski definition) is 2. The predicted octanol–water partition coefficient (Wildman–Crippen LogP) is 5.12. The first kappa shape index (κ1) is 28.2. The van der Waals surface area contributed by atoms with Gasteiger partial charge in [-0.3, -0.25) is 15.0 Å². The topological polar surface area (TPSA) is 76.5 Å². The summed E-state index contributed by atoms with van der Waals surface area (Å²) in [7, 11) is 0. The molecule has 38 heavy (non-hydrogen) atoms. The highest BCUT2D eigenvalue weighted by molar-refractivity contribution is 6.45. The van der Waals surface area contributed by atoms with Crippen LogP contribution >= 0.6 is 0 Å². The third kappa shape index (κ3) is 6.77. The number of Topliss-reactive ketones (excluding diaryl/α,β-unsaturated/α-hetero) is 1. The molecule has 0 radical (unpaired) electrons. The number of amides is 1. The Kier molecular flexibility index (Phi) is 8.83. The lowest BCUT2D eigenvalue weighted by Gasteiger charge is -2.37. The molecule has 1 aliphatic heterocycles. The number of carbonyl (C=O) groups is 2. The zero-order chi connectivity index (χ0) is 27.4. The number of allylic oxidation sites excluding steroid dienone is 2. The van der Waals surface area contributed by atoms with Gasteiger partial charge in [0.15, 0.2) is 5.78 Å². The van der Waals surface area contributed by atoms with Gasteiger partial charge in [-0.05, 0) is 56.2 Å². The molecule has 0 bridgehead atoms. The Bertz CT molecular complexity index is 1100. The normalized spacial score (nSPS) is 23.5. The number of rotatable bonds is 9. The Hall–Kier alpha value is -2.84. The first-order valence-electron chi connectivity index (χ1n) is 13.7. The average molecular weight is 533 g/mol. The molecule has 1 saturated carbocycles. The van der Waals surface area contributed by atoms with Crippen LogP contribution in [0.25, 0.3) is 0 Å². The van der Waals surface area contributed by atoms with Gasteiger partial charge < -0.3 is 15.1 Å². The lowest BCUT2D eigenvalue weighted by Crippen LogP contribution is -2.51. The molecule has 2 atom stereocenters. The molecule has 208 valence electrons. The minimum absolute atomic E-state index is 0.000413. The molecule has 3 aliphatic rings. The molecule has 4 rings (SSSR count). The van der Waals surface area contributed by atoms with E-state index in [-0.39, 0.29) is 36.1 Å². The van der Waals surface area contributed by atoms with Gasteiger partial charge in [0.2, 0.25) is 5.91 Å². The van der Waals surface area contributed by atoms with Gasteiger partial charge in [-0.15, -0.1) is 0 Å². The summed E-state index contributed by atoms with van der Waals surface area (Å²) in [6, 6.07) is 6.18. The monoisotopic (exact) mass is 532 g/mol. The fraction of sp³-hybridized carbons (Fsp3) is 0.621. The first-order chi connectivity index (χ1) is 18.0. The van der Waals surface area contributed by atoms with Gasteiger partial charge in [0, 0.05) is 56.0 Å². The Morgan fingerprint density at radius 1 is 1.11 bits per heavy atom. The van der Waals surface area contributed by atoms with Crippen molar-refractivity contribution < 1.29 is 22.8 Å². The Morgan fingerprint density at radius 3 is 2.55 bits per heavy atom. The standard InChI is InChI=1S/C29H39F3N4O2/c1-19-5-3-8-25(20(19)2)35-11-13-36(14-12-35)27(38)18-34-24-17-29(31,32)16-23(24)28(33)26(37)10-9-21-6-4-7-22(30)15-21/h3,5,8,21-22,33-34H,4,6-7,9-18H2,1-2H3/t21?,22-/m1/s1. The summed E-state index contributed by atoms with van der Waals surface area (Å²) in [6.45, 7) is 6.45. The number of hydrogen-bond acceptors (Lipinski definition) is 5. The molecule has 2 aliphatic carbocycles. The van der Waals surface area contributed by atoms with Crippen molar-refractivity contribution in [1.82, 2.24) is 10.2 Å². The van der Waals surface area contributed by atoms with E-state index < -0.39 is 36.4 Å². The average Bonchev–Trinajstić information content (AvgIpc) is 3.21. The molecule has 1 amide bonds. The molecule has 1 aromatic rings. The van der Waals surface area contributed by atoms with Crippen LogP contribution in [-0.4, -0.2) is 67.1 Å². The Labute approximate surface area is 223 Å². The second-order valence-electron chi connectivity index (χ2n) is 11.1. The quantitative estimate of drug-likeness (QED) is 0.433. The van der Waals surface area contributed by atoms with E-state index in [1.165, 1.54) is 11.1 Å². The van der Waals surface area contributed by atoms with Crippen LogP contribution in [-0.2, 0) is 9.59 Å². The molecule has 6 nitrogen and oxygen atoms in total. The van der Waals surface area contributed by atoms with Gasteiger partial charge >= 0.3 is 0 Å². The predicted molar refractivity (Wildman–Crippen MR) is 143 cm³/mol. The van der Waals surface area contributed by atoms with Gasteiger partial charge in [-0.2, -0.15) is 0 Å². The maximum absolute atomic E-state index is 14.3. The lowest BCUT2D eigenvalue weighted by molar-refractivity contribution is -0.130. The summed E-state index contributed by atoms with van der Waals surface area (Å²) in [5.74, 6) is -3.65. The molecule has 1 unspecified atom stereocenters. The molecule has 0 aromatic heterocycles. The zero-order valence-electron chi connectivity index (χ0n) is 22.4.